The zero-order valence-corrected chi connectivity index (χ0v) is 13.5. The number of amides is 2. The minimum Gasteiger partial charge on any atom is -0.481 e. The second-order valence-electron chi connectivity index (χ2n) is 6.16. The van der Waals surface area contributed by atoms with Crippen molar-refractivity contribution in [3.8, 4) is 0 Å². The van der Waals surface area contributed by atoms with Crippen LogP contribution in [0.5, 0.6) is 0 Å². The lowest BCUT2D eigenvalue weighted by molar-refractivity contribution is -0.142. The fraction of sp³-hybridized carbons (Fsp3) is 0.867. The molecule has 1 fully saturated rings. The third-order valence-electron chi connectivity index (χ3n) is 3.92. The van der Waals surface area contributed by atoms with E-state index in [2.05, 4.69) is 19.2 Å². The Bertz CT molecular complexity index is 360. The quantitative estimate of drug-likeness (QED) is 0.753. The molecular formula is C15H28N2O4. The highest BCUT2D eigenvalue weighted by Crippen LogP contribution is 2.20. The number of hydrogen-bond acceptors (Lipinski definition) is 3. The monoisotopic (exact) mass is 300 g/mol. The van der Waals surface area contributed by atoms with E-state index in [1.807, 2.05) is 13.8 Å². The van der Waals surface area contributed by atoms with Gasteiger partial charge in [0.1, 0.15) is 5.92 Å². The number of likely N-dealkylation sites (N-methyl/N-ethyl adjacent to an activating group) is 1. The van der Waals surface area contributed by atoms with Crippen molar-refractivity contribution in [3.05, 3.63) is 0 Å². The number of carbonyl (C=O) groups is 2. The van der Waals surface area contributed by atoms with Crippen molar-refractivity contribution in [1.82, 2.24) is 10.2 Å². The highest BCUT2D eigenvalue weighted by molar-refractivity contribution is 5.77. The van der Waals surface area contributed by atoms with Gasteiger partial charge in [-0.2, -0.15) is 0 Å². The molecule has 6 heteroatoms. The fourth-order valence-corrected chi connectivity index (χ4v) is 2.56. The number of nitrogens with one attached hydrogen (secondary N) is 1. The topological polar surface area (TPSA) is 78.9 Å². The summed E-state index contributed by atoms with van der Waals surface area (Å²) >= 11 is 0. The lowest BCUT2D eigenvalue weighted by atomic mass is 10.0. The van der Waals surface area contributed by atoms with Crippen molar-refractivity contribution in [3.63, 3.8) is 0 Å². The summed E-state index contributed by atoms with van der Waals surface area (Å²) in [6.45, 7) is 9.08. The average molecular weight is 300 g/mol. The maximum absolute atomic E-state index is 12.4. The summed E-state index contributed by atoms with van der Waals surface area (Å²) < 4.78 is 5.25. The van der Waals surface area contributed by atoms with Gasteiger partial charge in [0.15, 0.2) is 0 Å². The van der Waals surface area contributed by atoms with E-state index in [9.17, 15) is 14.7 Å². The van der Waals surface area contributed by atoms with Crippen LogP contribution in [-0.4, -0.2) is 53.8 Å². The minimum atomic E-state index is -0.906. The first-order chi connectivity index (χ1) is 9.86. The van der Waals surface area contributed by atoms with Crippen LogP contribution < -0.4 is 5.32 Å². The van der Waals surface area contributed by atoms with Gasteiger partial charge >= 0.3 is 12.0 Å². The second-order valence-corrected chi connectivity index (χ2v) is 6.16. The van der Waals surface area contributed by atoms with E-state index < -0.39 is 11.9 Å². The van der Waals surface area contributed by atoms with Crippen molar-refractivity contribution in [1.29, 1.82) is 0 Å². The molecule has 0 spiro atoms. The first-order valence-electron chi connectivity index (χ1n) is 7.74. The number of rotatable bonds is 7. The van der Waals surface area contributed by atoms with Crippen LogP contribution in [0, 0.1) is 11.8 Å². The van der Waals surface area contributed by atoms with Gasteiger partial charge in [-0.15, -0.1) is 0 Å². The lowest BCUT2D eigenvalue weighted by Crippen LogP contribution is -2.52. The van der Waals surface area contributed by atoms with Crippen LogP contribution in [0.1, 0.15) is 40.5 Å². The molecule has 0 aromatic rings. The van der Waals surface area contributed by atoms with E-state index in [0.29, 0.717) is 19.1 Å². The zero-order chi connectivity index (χ0) is 16.0. The summed E-state index contributed by atoms with van der Waals surface area (Å²) in [6, 6.07) is -0.500. The number of hydrogen-bond donors (Lipinski definition) is 2. The molecule has 1 heterocycles. The van der Waals surface area contributed by atoms with Gasteiger partial charge in [0.05, 0.1) is 19.3 Å². The Morgan fingerprint density at radius 3 is 2.48 bits per heavy atom. The van der Waals surface area contributed by atoms with Gasteiger partial charge in [0.2, 0.25) is 0 Å². The predicted octanol–water partition coefficient (Wildman–Crippen LogP) is 1.94. The first-order valence-corrected chi connectivity index (χ1v) is 7.74. The minimum absolute atomic E-state index is 0.0829. The maximum atomic E-state index is 12.4. The third kappa shape index (κ3) is 5.19. The number of urea groups is 1. The number of carbonyl (C=O) groups excluding carboxylic acids is 1. The van der Waals surface area contributed by atoms with Crippen LogP contribution in [-0.2, 0) is 9.53 Å². The average Bonchev–Trinajstić information content (AvgIpc) is 2.86. The van der Waals surface area contributed by atoms with Gasteiger partial charge in [-0.25, -0.2) is 4.79 Å². The molecule has 0 radical (unpaired) electrons. The molecule has 2 N–H and O–H groups in total. The van der Waals surface area contributed by atoms with Crippen molar-refractivity contribution in [2.75, 3.05) is 19.8 Å². The van der Waals surface area contributed by atoms with Crippen molar-refractivity contribution in [2.45, 2.75) is 52.6 Å². The molecule has 122 valence electrons. The number of carboxylic acids is 1. The SMILES string of the molecule is CCN(C(=O)NC(C)CCC(C)C)C1COCC1C(=O)O. The molecule has 1 saturated heterocycles. The summed E-state index contributed by atoms with van der Waals surface area (Å²) in [5, 5.41) is 12.2. The summed E-state index contributed by atoms with van der Waals surface area (Å²) in [6.07, 6.45) is 1.97. The number of carboxylic acid groups (broad SMARTS) is 1. The van der Waals surface area contributed by atoms with Crippen LogP contribution in [0.3, 0.4) is 0 Å². The molecule has 0 aliphatic carbocycles. The fourth-order valence-electron chi connectivity index (χ4n) is 2.56. The Morgan fingerprint density at radius 2 is 1.95 bits per heavy atom. The highest BCUT2D eigenvalue weighted by Gasteiger charge is 2.39. The number of ether oxygens (including phenoxy) is 1. The normalized spacial score (nSPS) is 23.1. The van der Waals surface area contributed by atoms with E-state index in [4.69, 9.17) is 4.74 Å². The van der Waals surface area contributed by atoms with Gasteiger partial charge in [-0.3, -0.25) is 4.79 Å². The highest BCUT2D eigenvalue weighted by atomic mass is 16.5. The Balaban J connectivity index is 2.58. The smallest absolute Gasteiger partial charge is 0.317 e. The summed E-state index contributed by atoms with van der Waals surface area (Å²) in [4.78, 5) is 25.1. The van der Waals surface area contributed by atoms with Crippen molar-refractivity contribution >= 4 is 12.0 Å². The lowest BCUT2D eigenvalue weighted by Gasteiger charge is -2.30. The molecule has 0 aromatic heterocycles. The predicted molar refractivity (Wildman–Crippen MR) is 80.2 cm³/mol. The molecule has 0 aromatic carbocycles. The molecule has 1 aliphatic heterocycles. The van der Waals surface area contributed by atoms with E-state index >= 15 is 0 Å². The van der Waals surface area contributed by atoms with Gasteiger partial charge in [0.25, 0.3) is 0 Å². The largest absolute Gasteiger partial charge is 0.481 e. The summed E-state index contributed by atoms with van der Waals surface area (Å²) in [5.74, 6) is -0.940. The molecular weight excluding hydrogens is 272 g/mol. The molecule has 0 saturated carbocycles. The molecule has 1 aliphatic rings. The van der Waals surface area contributed by atoms with Crippen LogP contribution in [0.25, 0.3) is 0 Å². The van der Waals surface area contributed by atoms with Gasteiger partial charge in [-0.05, 0) is 32.6 Å². The molecule has 3 atom stereocenters. The molecule has 3 unspecified atom stereocenters. The zero-order valence-electron chi connectivity index (χ0n) is 13.5. The molecule has 6 nitrogen and oxygen atoms in total. The van der Waals surface area contributed by atoms with Gasteiger partial charge < -0.3 is 20.1 Å². The number of aliphatic carboxylic acids is 1. The second kappa shape index (κ2) is 8.22. The summed E-state index contributed by atoms with van der Waals surface area (Å²) in [7, 11) is 0. The standard InChI is InChI=1S/C15H28N2O4/c1-5-17(13-9-21-8-12(13)14(18)19)15(20)16-11(4)7-6-10(2)3/h10-13H,5-9H2,1-4H3,(H,16,20)(H,18,19). The van der Waals surface area contributed by atoms with Crippen LogP contribution in [0.4, 0.5) is 4.79 Å². The molecule has 2 amide bonds. The van der Waals surface area contributed by atoms with Crippen LogP contribution >= 0.6 is 0 Å². The Kier molecular flexibility index (Phi) is 6.95. The third-order valence-corrected chi connectivity index (χ3v) is 3.92. The maximum Gasteiger partial charge on any atom is 0.317 e. The Labute approximate surface area is 126 Å². The van der Waals surface area contributed by atoms with E-state index in [1.54, 1.807) is 4.90 Å². The van der Waals surface area contributed by atoms with Crippen molar-refractivity contribution in [2.24, 2.45) is 11.8 Å². The molecule has 0 bridgehead atoms. The van der Waals surface area contributed by atoms with Crippen molar-refractivity contribution < 1.29 is 19.4 Å². The van der Waals surface area contributed by atoms with E-state index in [1.165, 1.54) is 0 Å². The molecule has 1 rings (SSSR count). The first kappa shape index (κ1) is 17.8. The van der Waals surface area contributed by atoms with E-state index in [0.717, 1.165) is 12.8 Å². The van der Waals surface area contributed by atoms with Gasteiger partial charge in [-0.1, -0.05) is 13.8 Å². The molecule has 21 heavy (non-hydrogen) atoms. The summed E-state index contributed by atoms with van der Waals surface area (Å²) in [5.41, 5.74) is 0. The number of nitrogens with zero attached hydrogens (tertiary/aromatic N) is 1. The van der Waals surface area contributed by atoms with Crippen LogP contribution in [0.2, 0.25) is 0 Å². The van der Waals surface area contributed by atoms with Crippen LogP contribution in [0.15, 0.2) is 0 Å². The van der Waals surface area contributed by atoms with Gasteiger partial charge in [0, 0.05) is 12.6 Å². The Hall–Kier alpha value is -1.30. The Morgan fingerprint density at radius 1 is 1.29 bits per heavy atom. The van der Waals surface area contributed by atoms with E-state index in [-0.39, 0.29) is 24.7 Å².